The van der Waals surface area contributed by atoms with Crippen molar-refractivity contribution in [2.75, 3.05) is 5.32 Å². The van der Waals surface area contributed by atoms with E-state index in [0.29, 0.717) is 26.5 Å². The molecule has 1 amide bonds. The monoisotopic (exact) mass is 345 g/mol. The molecule has 0 spiro atoms. The van der Waals surface area contributed by atoms with E-state index in [1.54, 1.807) is 48.5 Å². The number of nitrogens with zero attached hydrogens (tertiary/aromatic N) is 2. The summed E-state index contributed by atoms with van der Waals surface area (Å²) in [5.74, 6) is 0.478. The van der Waals surface area contributed by atoms with Crippen molar-refractivity contribution in [3.05, 3.63) is 70.2 Å². The van der Waals surface area contributed by atoms with E-state index in [2.05, 4.69) is 15.5 Å². The average molecular weight is 346 g/mol. The molecule has 0 radical (unpaired) electrons. The van der Waals surface area contributed by atoms with Gasteiger partial charge < -0.3 is 4.74 Å². The molecule has 0 aliphatic carbocycles. The lowest BCUT2D eigenvalue weighted by atomic mass is 10.2. The second-order valence-corrected chi connectivity index (χ2v) is 6.06. The van der Waals surface area contributed by atoms with Gasteiger partial charge in [-0.25, -0.2) is 0 Å². The quantitative estimate of drug-likeness (QED) is 0.758. The first-order valence-electron chi connectivity index (χ1n) is 6.78. The molecule has 1 N–H and O–H groups in total. The number of anilines is 1. The normalized spacial score (nSPS) is 10.3. The van der Waals surface area contributed by atoms with E-state index >= 15 is 0 Å². The number of carbonyl (C=O) groups is 1. The van der Waals surface area contributed by atoms with Crippen LogP contribution in [0, 0.1) is 0 Å². The number of benzene rings is 2. The smallest absolute Gasteiger partial charge is 0.257 e. The van der Waals surface area contributed by atoms with Gasteiger partial charge >= 0.3 is 0 Å². The van der Waals surface area contributed by atoms with Crippen molar-refractivity contribution in [1.82, 2.24) is 10.2 Å². The van der Waals surface area contributed by atoms with E-state index in [1.165, 1.54) is 11.3 Å². The summed E-state index contributed by atoms with van der Waals surface area (Å²) in [4.78, 5) is 12.0. The van der Waals surface area contributed by atoms with Crippen LogP contribution in [0.25, 0.3) is 0 Å². The standard InChI is InChI=1S/C16H12ClN3O2S/c17-12-6-8-13(9-7-12)22-10-14-19-20-16(23-14)18-15(21)11-4-2-1-3-5-11/h1-9H,10H2,(H,18,20,21). The van der Waals surface area contributed by atoms with Crippen LogP contribution in [0.5, 0.6) is 5.75 Å². The minimum atomic E-state index is -0.216. The fraction of sp³-hybridized carbons (Fsp3) is 0.0625. The van der Waals surface area contributed by atoms with Crippen molar-refractivity contribution in [2.45, 2.75) is 6.61 Å². The lowest BCUT2D eigenvalue weighted by Gasteiger charge is -2.02. The first-order valence-corrected chi connectivity index (χ1v) is 7.97. The van der Waals surface area contributed by atoms with E-state index in [4.69, 9.17) is 16.3 Å². The topological polar surface area (TPSA) is 64.1 Å². The minimum Gasteiger partial charge on any atom is -0.486 e. The highest BCUT2D eigenvalue weighted by Crippen LogP contribution is 2.20. The SMILES string of the molecule is O=C(Nc1nnc(COc2ccc(Cl)cc2)s1)c1ccccc1. The first kappa shape index (κ1) is 15.5. The van der Waals surface area contributed by atoms with Gasteiger partial charge in [-0.1, -0.05) is 41.1 Å². The highest BCUT2D eigenvalue weighted by Gasteiger charge is 2.10. The van der Waals surface area contributed by atoms with Crippen LogP contribution in [0.1, 0.15) is 15.4 Å². The maximum absolute atomic E-state index is 12.0. The molecule has 0 unspecified atom stereocenters. The molecule has 0 fully saturated rings. The van der Waals surface area contributed by atoms with Gasteiger partial charge in [-0.2, -0.15) is 0 Å². The van der Waals surface area contributed by atoms with Crippen molar-refractivity contribution in [3.63, 3.8) is 0 Å². The van der Waals surface area contributed by atoms with Gasteiger partial charge in [0.15, 0.2) is 5.01 Å². The third-order valence-electron chi connectivity index (χ3n) is 2.90. The Bertz CT molecular complexity index is 791. The number of ether oxygens (including phenoxy) is 1. The molecule has 23 heavy (non-hydrogen) atoms. The maximum Gasteiger partial charge on any atom is 0.257 e. The van der Waals surface area contributed by atoms with E-state index in [9.17, 15) is 4.79 Å². The Morgan fingerprint density at radius 2 is 1.83 bits per heavy atom. The number of rotatable bonds is 5. The molecule has 116 valence electrons. The third-order valence-corrected chi connectivity index (χ3v) is 3.96. The molecule has 0 atom stereocenters. The molecule has 0 bridgehead atoms. The fourth-order valence-corrected chi connectivity index (χ4v) is 2.57. The van der Waals surface area contributed by atoms with Gasteiger partial charge in [0.05, 0.1) is 0 Å². The largest absolute Gasteiger partial charge is 0.486 e. The summed E-state index contributed by atoms with van der Waals surface area (Å²) in [6.07, 6.45) is 0. The summed E-state index contributed by atoms with van der Waals surface area (Å²) in [6, 6.07) is 16.0. The lowest BCUT2D eigenvalue weighted by molar-refractivity contribution is 0.102. The van der Waals surface area contributed by atoms with E-state index < -0.39 is 0 Å². The van der Waals surface area contributed by atoms with Crippen LogP contribution in [0.3, 0.4) is 0 Å². The van der Waals surface area contributed by atoms with Gasteiger partial charge in [0, 0.05) is 10.6 Å². The zero-order chi connectivity index (χ0) is 16.1. The highest BCUT2D eigenvalue weighted by atomic mass is 35.5. The van der Waals surface area contributed by atoms with Crippen molar-refractivity contribution in [1.29, 1.82) is 0 Å². The fourth-order valence-electron chi connectivity index (χ4n) is 1.80. The third kappa shape index (κ3) is 4.28. The van der Waals surface area contributed by atoms with Gasteiger partial charge in [-0.05, 0) is 36.4 Å². The second kappa shape index (κ2) is 7.21. The Morgan fingerprint density at radius 1 is 1.09 bits per heavy atom. The minimum absolute atomic E-state index is 0.216. The zero-order valence-corrected chi connectivity index (χ0v) is 13.5. The first-order chi connectivity index (χ1) is 11.2. The molecule has 1 aromatic heterocycles. The Labute approximate surface area is 141 Å². The van der Waals surface area contributed by atoms with Gasteiger partial charge in [0.2, 0.25) is 5.13 Å². The van der Waals surface area contributed by atoms with Gasteiger partial charge in [-0.15, -0.1) is 10.2 Å². The average Bonchev–Trinajstić information content (AvgIpc) is 3.02. The zero-order valence-electron chi connectivity index (χ0n) is 11.9. The van der Waals surface area contributed by atoms with Crippen molar-refractivity contribution in [3.8, 4) is 5.75 Å². The molecule has 7 heteroatoms. The Morgan fingerprint density at radius 3 is 2.57 bits per heavy atom. The Hall–Kier alpha value is -2.44. The van der Waals surface area contributed by atoms with Crippen molar-refractivity contribution >= 4 is 34.0 Å². The Balaban J connectivity index is 1.57. The maximum atomic E-state index is 12.0. The summed E-state index contributed by atoms with van der Waals surface area (Å²) in [5, 5.41) is 12.4. The molecule has 0 saturated carbocycles. The van der Waals surface area contributed by atoms with Crippen LogP contribution in [-0.4, -0.2) is 16.1 Å². The number of halogens is 1. The number of hydrogen-bond acceptors (Lipinski definition) is 5. The molecule has 2 aromatic carbocycles. The van der Waals surface area contributed by atoms with Crippen LogP contribution < -0.4 is 10.1 Å². The predicted octanol–water partition coefficient (Wildman–Crippen LogP) is 4.02. The van der Waals surface area contributed by atoms with Crippen molar-refractivity contribution < 1.29 is 9.53 Å². The predicted molar refractivity (Wildman–Crippen MR) is 90.1 cm³/mol. The number of carbonyl (C=O) groups excluding carboxylic acids is 1. The molecule has 1 heterocycles. The molecule has 3 rings (SSSR count). The van der Waals surface area contributed by atoms with Crippen LogP contribution >= 0.6 is 22.9 Å². The van der Waals surface area contributed by atoms with E-state index in [1.807, 2.05) is 6.07 Å². The molecule has 3 aromatic rings. The molecular formula is C16H12ClN3O2S. The Kier molecular flexibility index (Phi) is 4.85. The van der Waals surface area contributed by atoms with E-state index in [-0.39, 0.29) is 12.5 Å². The van der Waals surface area contributed by atoms with Gasteiger partial charge in [0.1, 0.15) is 12.4 Å². The molecule has 0 aliphatic rings. The summed E-state index contributed by atoms with van der Waals surface area (Å²) in [7, 11) is 0. The number of hydrogen-bond donors (Lipinski definition) is 1. The van der Waals surface area contributed by atoms with Gasteiger partial charge in [0.25, 0.3) is 5.91 Å². The second-order valence-electron chi connectivity index (χ2n) is 4.56. The summed E-state index contributed by atoms with van der Waals surface area (Å²) < 4.78 is 5.59. The summed E-state index contributed by atoms with van der Waals surface area (Å²) in [6.45, 7) is 0.278. The summed E-state index contributed by atoms with van der Waals surface area (Å²) in [5.41, 5.74) is 0.571. The van der Waals surface area contributed by atoms with Crippen LogP contribution in [0.4, 0.5) is 5.13 Å². The molecule has 0 saturated heterocycles. The van der Waals surface area contributed by atoms with Crippen molar-refractivity contribution in [2.24, 2.45) is 0 Å². The number of amides is 1. The van der Waals surface area contributed by atoms with Crippen LogP contribution in [-0.2, 0) is 6.61 Å². The van der Waals surface area contributed by atoms with Crippen LogP contribution in [0.2, 0.25) is 5.02 Å². The van der Waals surface area contributed by atoms with Crippen LogP contribution in [0.15, 0.2) is 54.6 Å². The lowest BCUT2D eigenvalue weighted by Crippen LogP contribution is -2.11. The van der Waals surface area contributed by atoms with Gasteiger partial charge in [-0.3, -0.25) is 10.1 Å². The highest BCUT2D eigenvalue weighted by molar-refractivity contribution is 7.15. The molecule has 0 aliphatic heterocycles. The molecular weight excluding hydrogens is 334 g/mol. The molecule has 5 nitrogen and oxygen atoms in total. The number of aromatic nitrogens is 2. The summed E-state index contributed by atoms with van der Waals surface area (Å²) >= 11 is 7.09. The number of nitrogens with one attached hydrogen (secondary N) is 1. The van der Waals surface area contributed by atoms with E-state index in [0.717, 1.165) is 0 Å².